The first kappa shape index (κ1) is 24.6. The Hall–Kier alpha value is -4.08. The number of benzene rings is 4. The second-order valence-corrected chi connectivity index (χ2v) is 10.7. The van der Waals surface area contributed by atoms with Crippen molar-refractivity contribution in [3.8, 4) is 11.5 Å². The number of hydrogen-bond acceptors (Lipinski definition) is 7. The second kappa shape index (κ2) is 10.1. The summed E-state index contributed by atoms with van der Waals surface area (Å²) in [6.07, 6.45) is 1.61. The molecule has 4 aromatic rings. The number of carbonyl (C=O) groups excluding carboxylic acids is 2. The maximum absolute atomic E-state index is 13.0. The zero-order valence-corrected chi connectivity index (χ0v) is 21.3. The smallest absolute Gasteiger partial charge is 0.339 e. The summed E-state index contributed by atoms with van der Waals surface area (Å²) < 4.78 is 35.4. The fourth-order valence-corrected chi connectivity index (χ4v) is 5.69. The van der Waals surface area contributed by atoms with Gasteiger partial charge in [0.2, 0.25) is 0 Å². The number of imide groups is 1. The van der Waals surface area contributed by atoms with E-state index in [0.717, 1.165) is 28.1 Å². The Bertz CT molecular complexity index is 1620. The molecule has 0 saturated carbocycles. The number of hydrogen-bond donors (Lipinski definition) is 0. The van der Waals surface area contributed by atoms with Crippen molar-refractivity contribution in [1.82, 2.24) is 4.90 Å². The average Bonchev–Trinajstić information content (AvgIpc) is 3.17. The normalized spacial score (nSPS) is 14.9. The molecule has 4 aromatic carbocycles. The number of ether oxygens (including phenoxy) is 1. The van der Waals surface area contributed by atoms with Crippen LogP contribution in [0.1, 0.15) is 11.1 Å². The first-order valence-electron chi connectivity index (χ1n) is 11.2. The molecule has 0 bridgehead atoms. The zero-order valence-electron chi connectivity index (χ0n) is 19.7. The number of nitrogens with zero attached hydrogens (tertiary/aromatic N) is 1. The van der Waals surface area contributed by atoms with Crippen molar-refractivity contribution in [2.24, 2.45) is 0 Å². The van der Waals surface area contributed by atoms with Crippen LogP contribution >= 0.6 is 11.8 Å². The predicted molar refractivity (Wildman–Crippen MR) is 143 cm³/mol. The van der Waals surface area contributed by atoms with Crippen LogP contribution in [0.15, 0.2) is 101 Å². The van der Waals surface area contributed by atoms with Gasteiger partial charge in [-0.15, -0.1) is 0 Å². The molecule has 1 aliphatic rings. The molecule has 0 N–H and O–H groups in total. The van der Waals surface area contributed by atoms with E-state index in [2.05, 4.69) is 0 Å². The molecule has 1 saturated heterocycles. The van der Waals surface area contributed by atoms with Gasteiger partial charge in [-0.1, -0.05) is 54.6 Å². The third-order valence-electron chi connectivity index (χ3n) is 5.81. The Labute approximate surface area is 218 Å². The maximum atomic E-state index is 13.0. The molecule has 0 unspecified atom stereocenters. The fraction of sp³-hybridized carbons (Fsp3) is 0.0714. The van der Waals surface area contributed by atoms with Crippen LogP contribution in [-0.4, -0.2) is 31.6 Å². The van der Waals surface area contributed by atoms with Crippen LogP contribution in [0, 0.1) is 0 Å². The molecule has 37 heavy (non-hydrogen) atoms. The Morgan fingerprint density at radius 1 is 0.838 bits per heavy atom. The van der Waals surface area contributed by atoms with E-state index in [1.807, 2.05) is 42.5 Å². The van der Waals surface area contributed by atoms with E-state index in [1.165, 1.54) is 48.4 Å². The summed E-state index contributed by atoms with van der Waals surface area (Å²) in [6, 6.07) is 25.7. The molecule has 1 heterocycles. The van der Waals surface area contributed by atoms with Crippen molar-refractivity contribution in [2.75, 3.05) is 7.11 Å². The summed E-state index contributed by atoms with van der Waals surface area (Å²) in [6.45, 7) is 0.180. The number of methoxy groups -OCH3 is 1. The molecule has 1 aliphatic heterocycles. The first-order chi connectivity index (χ1) is 17.8. The summed E-state index contributed by atoms with van der Waals surface area (Å²) in [7, 11) is -2.53. The summed E-state index contributed by atoms with van der Waals surface area (Å²) >= 11 is 0.877. The van der Waals surface area contributed by atoms with Crippen molar-refractivity contribution in [3.63, 3.8) is 0 Å². The lowest BCUT2D eigenvalue weighted by Gasteiger charge is -2.14. The molecule has 0 radical (unpaired) electrons. The highest BCUT2D eigenvalue weighted by molar-refractivity contribution is 8.18. The van der Waals surface area contributed by atoms with Gasteiger partial charge in [-0.3, -0.25) is 14.5 Å². The third-order valence-corrected chi connectivity index (χ3v) is 7.98. The van der Waals surface area contributed by atoms with Gasteiger partial charge in [0.25, 0.3) is 11.1 Å². The van der Waals surface area contributed by atoms with Crippen LogP contribution in [0.3, 0.4) is 0 Å². The molecule has 1 fully saturated rings. The lowest BCUT2D eigenvalue weighted by atomic mass is 10.0. The van der Waals surface area contributed by atoms with Gasteiger partial charge in [-0.05, 0) is 76.1 Å². The third kappa shape index (κ3) is 5.23. The van der Waals surface area contributed by atoms with Crippen molar-refractivity contribution < 1.29 is 26.9 Å². The number of amides is 2. The van der Waals surface area contributed by atoms with Gasteiger partial charge in [0.05, 0.1) is 18.6 Å². The Balaban J connectivity index is 1.30. The Kier molecular flexibility index (Phi) is 6.73. The van der Waals surface area contributed by atoms with Gasteiger partial charge in [0.15, 0.2) is 0 Å². The predicted octanol–water partition coefficient (Wildman–Crippen LogP) is 5.85. The van der Waals surface area contributed by atoms with Gasteiger partial charge >= 0.3 is 10.1 Å². The number of fused-ring (bicyclic) bond motifs is 1. The van der Waals surface area contributed by atoms with Gasteiger partial charge in [0, 0.05) is 0 Å². The maximum Gasteiger partial charge on any atom is 0.339 e. The molecule has 0 aliphatic carbocycles. The van der Waals surface area contributed by atoms with Gasteiger partial charge < -0.3 is 8.92 Å². The van der Waals surface area contributed by atoms with Crippen LogP contribution in [0.5, 0.6) is 11.5 Å². The van der Waals surface area contributed by atoms with Crippen LogP contribution in [0.25, 0.3) is 16.8 Å². The number of thioether (sulfide) groups is 1. The van der Waals surface area contributed by atoms with Crippen LogP contribution in [0.4, 0.5) is 4.79 Å². The number of carbonyl (C=O) groups is 2. The van der Waals surface area contributed by atoms with E-state index < -0.39 is 10.1 Å². The molecule has 186 valence electrons. The quantitative estimate of drug-likeness (QED) is 0.218. The van der Waals surface area contributed by atoms with E-state index in [9.17, 15) is 18.0 Å². The van der Waals surface area contributed by atoms with Crippen LogP contribution in [-0.2, 0) is 21.5 Å². The molecule has 0 atom stereocenters. The summed E-state index contributed by atoms with van der Waals surface area (Å²) in [5.41, 5.74) is 1.52. The van der Waals surface area contributed by atoms with Gasteiger partial charge in [-0.2, -0.15) is 8.42 Å². The van der Waals surface area contributed by atoms with E-state index in [1.54, 1.807) is 18.2 Å². The Morgan fingerprint density at radius 2 is 1.51 bits per heavy atom. The standard InChI is InChI=1S/C28H21NO6S2/c1-34-22-13-15-24(16-14-22)37(32,33)35-23-11-9-19(10-12-23)17-26-27(30)29(28(31)36-26)18-21-7-4-6-20-5-2-3-8-25(20)21/h2-17H,18H2,1H3/b26-17-. The Morgan fingerprint density at radius 3 is 2.24 bits per heavy atom. The van der Waals surface area contributed by atoms with Crippen LogP contribution in [0.2, 0.25) is 0 Å². The fourth-order valence-electron chi connectivity index (χ4n) is 3.93. The molecule has 5 rings (SSSR count). The lowest BCUT2D eigenvalue weighted by molar-refractivity contribution is -0.123. The molecule has 0 spiro atoms. The first-order valence-corrected chi connectivity index (χ1v) is 13.5. The van der Waals surface area contributed by atoms with E-state index in [0.29, 0.717) is 16.2 Å². The minimum atomic E-state index is -4.02. The van der Waals surface area contributed by atoms with Gasteiger partial charge in [0.1, 0.15) is 16.4 Å². The zero-order chi connectivity index (χ0) is 26.0. The highest BCUT2D eigenvalue weighted by Crippen LogP contribution is 2.34. The lowest BCUT2D eigenvalue weighted by Crippen LogP contribution is -2.27. The molecular weight excluding hydrogens is 510 g/mol. The molecular formula is C28H21NO6S2. The second-order valence-electron chi connectivity index (χ2n) is 8.19. The summed E-state index contributed by atoms with van der Waals surface area (Å²) in [4.78, 5) is 27.2. The van der Waals surface area contributed by atoms with E-state index in [-0.39, 0.29) is 28.3 Å². The van der Waals surface area contributed by atoms with Gasteiger partial charge in [-0.25, -0.2) is 0 Å². The highest BCUT2D eigenvalue weighted by Gasteiger charge is 2.35. The number of rotatable bonds is 7. The van der Waals surface area contributed by atoms with Crippen molar-refractivity contribution in [1.29, 1.82) is 0 Å². The van der Waals surface area contributed by atoms with Crippen LogP contribution < -0.4 is 8.92 Å². The summed E-state index contributed by atoms with van der Waals surface area (Å²) in [5, 5.41) is 1.70. The largest absolute Gasteiger partial charge is 0.497 e. The van der Waals surface area contributed by atoms with Crippen molar-refractivity contribution >= 4 is 49.9 Å². The van der Waals surface area contributed by atoms with Crippen molar-refractivity contribution in [2.45, 2.75) is 11.4 Å². The topological polar surface area (TPSA) is 90.0 Å². The summed E-state index contributed by atoms with van der Waals surface area (Å²) in [5.74, 6) is 0.284. The van der Waals surface area contributed by atoms with Crippen molar-refractivity contribution in [3.05, 3.63) is 107 Å². The minimum absolute atomic E-state index is 0.00255. The highest BCUT2D eigenvalue weighted by atomic mass is 32.2. The molecule has 7 nitrogen and oxygen atoms in total. The molecule has 2 amide bonds. The molecule has 0 aromatic heterocycles. The monoisotopic (exact) mass is 531 g/mol. The van der Waals surface area contributed by atoms with E-state index >= 15 is 0 Å². The average molecular weight is 532 g/mol. The SMILES string of the molecule is COc1ccc(S(=O)(=O)Oc2ccc(/C=C3\SC(=O)N(Cc4cccc5ccccc45)C3=O)cc2)cc1. The minimum Gasteiger partial charge on any atom is -0.497 e. The molecule has 9 heteroatoms. The van der Waals surface area contributed by atoms with E-state index in [4.69, 9.17) is 8.92 Å².